The zero-order chi connectivity index (χ0) is 13.5. The van der Waals surface area contributed by atoms with Crippen LogP contribution in [-0.2, 0) is 10.0 Å². The lowest BCUT2D eigenvalue weighted by atomic mass is 10.2. The lowest BCUT2D eigenvalue weighted by molar-refractivity contribution is 0.189. The molecule has 19 heavy (non-hydrogen) atoms. The summed E-state index contributed by atoms with van der Waals surface area (Å²) >= 11 is 0. The standard InChI is InChI=1S/C12H14N4O2S/c1-10-2-4-12(5-3-10)19(17,18)15-8-11(9-15)16-7-6-13-14-16/h2-7,11H,8-9H2,1H3. The van der Waals surface area contributed by atoms with E-state index in [1.165, 1.54) is 4.31 Å². The monoisotopic (exact) mass is 278 g/mol. The van der Waals surface area contributed by atoms with Gasteiger partial charge in [-0.25, -0.2) is 13.1 Å². The van der Waals surface area contributed by atoms with E-state index in [2.05, 4.69) is 10.3 Å². The zero-order valence-electron chi connectivity index (χ0n) is 10.5. The molecule has 1 saturated heterocycles. The van der Waals surface area contributed by atoms with E-state index in [1.807, 2.05) is 19.1 Å². The van der Waals surface area contributed by atoms with E-state index in [4.69, 9.17) is 0 Å². The normalized spacial score (nSPS) is 17.3. The SMILES string of the molecule is Cc1ccc(S(=O)(=O)N2CC(n3ccnn3)C2)cc1. The number of aromatic nitrogens is 3. The van der Waals surface area contributed by atoms with E-state index in [9.17, 15) is 8.42 Å². The molecule has 0 saturated carbocycles. The number of sulfonamides is 1. The van der Waals surface area contributed by atoms with Crippen LogP contribution in [0.3, 0.4) is 0 Å². The summed E-state index contributed by atoms with van der Waals surface area (Å²) in [6, 6.07) is 6.99. The molecule has 0 unspecified atom stereocenters. The van der Waals surface area contributed by atoms with Gasteiger partial charge in [0, 0.05) is 19.3 Å². The molecule has 1 aromatic heterocycles. The minimum absolute atomic E-state index is 0.0859. The Hall–Kier alpha value is -1.73. The molecule has 0 aliphatic carbocycles. The van der Waals surface area contributed by atoms with Crippen molar-refractivity contribution < 1.29 is 8.42 Å². The number of hydrogen-bond donors (Lipinski definition) is 0. The molecule has 7 heteroatoms. The van der Waals surface area contributed by atoms with Gasteiger partial charge < -0.3 is 0 Å². The average molecular weight is 278 g/mol. The smallest absolute Gasteiger partial charge is 0.243 e. The average Bonchev–Trinajstić information content (AvgIpc) is 2.81. The summed E-state index contributed by atoms with van der Waals surface area (Å²) < 4.78 is 27.8. The summed E-state index contributed by atoms with van der Waals surface area (Å²) in [7, 11) is -3.37. The van der Waals surface area contributed by atoms with Gasteiger partial charge in [-0.2, -0.15) is 4.31 Å². The molecular weight excluding hydrogens is 264 g/mol. The van der Waals surface area contributed by atoms with Crippen molar-refractivity contribution in [2.45, 2.75) is 17.9 Å². The predicted molar refractivity (Wildman–Crippen MR) is 69.0 cm³/mol. The second-order valence-electron chi connectivity index (χ2n) is 4.67. The van der Waals surface area contributed by atoms with Crippen LogP contribution in [0, 0.1) is 6.92 Å². The number of rotatable bonds is 3. The van der Waals surface area contributed by atoms with Crippen LogP contribution >= 0.6 is 0 Å². The van der Waals surface area contributed by atoms with Crippen LogP contribution in [-0.4, -0.2) is 40.8 Å². The minimum atomic E-state index is -3.37. The molecule has 2 aromatic rings. The molecule has 0 amide bonds. The molecule has 0 radical (unpaired) electrons. The lowest BCUT2D eigenvalue weighted by Gasteiger charge is -2.37. The van der Waals surface area contributed by atoms with Gasteiger partial charge in [-0.15, -0.1) is 5.10 Å². The topological polar surface area (TPSA) is 68.1 Å². The Balaban J connectivity index is 1.75. The van der Waals surface area contributed by atoms with Crippen molar-refractivity contribution in [3.63, 3.8) is 0 Å². The zero-order valence-corrected chi connectivity index (χ0v) is 11.3. The summed E-state index contributed by atoms with van der Waals surface area (Å²) in [5.41, 5.74) is 1.04. The summed E-state index contributed by atoms with van der Waals surface area (Å²) in [5, 5.41) is 7.61. The van der Waals surface area contributed by atoms with Crippen molar-refractivity contribution in [2.75, 3.05) is 13.1 Å². The first-order chi connectivity index (χ1) is 9.07. The second-order valence-corrected chi connectivity index (χ2v) is 6.61. The second kappa shape index (κ2) is 4.43. The van der Waals surface area contributed by atoms with Gasteiger partial charge in [-0.3, -0.25) is 0 Å². The van der Waals surface area contributed by atoms with Crippen LogP contribution in [0.4, 0.5) is 0 Å². The molecule has 1 aliphatic rings. The Morgan fingerprint density at radius 1 is 1.21 bits per heavy atom. The number of nitrogens with zero attached hydrogens (tertiary/aromatic N) is 4. The van der Waals surface area contributed by atoms with Gasteiger partial charge in [0.1, 0.15) is 0 Å². The van der Waals surface area contributed by atoms with Gasteiger partial charge in [0.2, 0.25) is 10.0 Å². The fourth-order valence-corrected chi connectivity index (χ4v) is 3.57. The van der Waals surface area contributed by atoms with Crippen LogP contribution in [0.2, 0.25) is 0 Å². The van der Waals surface area contributed by atoms with Gasteiger partial charge in [0.25, 0.3) is 0 Å². The Labute approximate surface area is 111 Å². The fraction of sp³-hybridized carbons (Fsp3) is 0.333. The maximum absolute atomic E-state index is 12.3. The van der Waals surface area contributed by atoms with Crippen molar-refractivity contribution in [2.24, 2.45) is 0 Å². The summed E-state index contributed by atoms with van der Waals surface area (Å²) in [4.78, 5) is 0.343. The molecule has 0 spiro atoms. The van der Waals surface area contributed by atoms with E-state index in [0.29, 0.717) is 18.0 Å². The van der Waals surface area contributed by atoms with Crippen LogP contribution < -0.4 is 0 Å². The Kier molecular flexibility index (Phi) is 2.87. The molecule has 100 valence electrons. The van der Waals surface area contributed by atoms with Crippen molar-refractivity contribution >= 4 is 10.0 Å². The van der Waals surface area contributed by atoms with Gasteiger partial charge in [0.15, 0.2) is 0 Å². The first-order valence-corrected chi connectivity index (χ1v) is 7.44. The summed E-state index contributed by atoms with van der Waals surface area (Å²) in [5.74, 6) is 0. The fourth-order valence-electron chi connectivity index (χ4n) is 2.05. The van der Waals surface area contributed by atoms with Crippen LogP contribution in [0.5, 0.6) is 0 Å². The first-order valence-electron chi connectivity index (χ1n) is 6.00. The predicted octanol–water partition coefficient (Wildman–Crippen LogP) is 0.832. The Morgan fingerprint density at radius 2 is 1.89 bits per heavy atom. The van der Waals surface area contributed by atoms with Gasteiger partial charge in [0.05, 0.1) is 17.1 Å². The quantitative estimate of drug-likeness (QED) is 0.834. The molecule has 0 bridgehead atoms. The third-order valence-electron chi connectivity index (χ3n) is 3.30. The third kappa shape index (κ3) is 2.15. The van der Waals surface area contributed by atoms with E-state index < -0.39 is 10.0 Å². The maximum Gasteiger partial charge on any atom is 0.243 e. The van der Waals surface area contributed by atoms with E-state index >= 15 is 0 Å². The summed E-state index contributed by atoms with van der Waals surface area (Å²) in [6.45, 7) is 2.82. The Morgan fingerprint density at radius 3 is 2.47 bits per heavy atom. The number of aryl methyl sites for hydroxylation is 1. The largest absolute Gasteiger partial charge is 0.247 e. The Bertz CT molecular complexity index is 658. The molecule has 2 heterocycles. The molecule has 1 aliphatic heterocycles. The van der Waals surface area contributed by atoms with Crippen molar-refractivity contribution in [3.05, 3.63) is 42.2 Å². The molecule has 6 nitrogen and oxygen atoms in total. The van der Waals surface area contributed by atoms with Gasteiger partial charge in [-0.05, 0) is 19.1 Å². The van der Waals surface area contributed by atoms with E-state index in [-0.39, 0.29) is 6.04 Å². The van der Waals surface area contributed by atoms with Crippen LogP contribution in [0.25, 0.3) is 0 Å². The number of hydrogen-bond acceptors (Lipinski definition) is 4. The third-order valence-corrected chi connectivity index (χ3v) is 5.15. The number of benzene rings is 1. The van der Waals surface area contributed by atoms with Crippen molar-refractivity contribution in [1.82, 2.24) is 19.3 Å². The minimum Gasteiger partial charge on any atom is -0.247 e. The van der Waals surface area contributed by atoms with Crippen LogP contribution in [0.1, 0.15) is 11.6 Å². The van der Waals surface area contributed by atoms with Crippen molar-refractivity contribution in [1.29, 1.82) is 0 Å². The van der Waals surface area contributed by atoms with E-state index in [0.717, 1.165) is 5.56 Å². The molecule has 3 rings (SSSR count). The molecule has 1 aromatic carbocycles. The van der Waals surface area contributed by atoms with Gasteiger partial charge >= 0.3 is 0 Å². The molecule has 0 atom stereocenters. The molecule has 1 fully saturated rings. The van der Waals surface area contributed by atoms with Crippen molar-refractivity contribution in [3.8, 4) is 0 Å². The highest BCUT2D eigenvalue weighted by Crippen LogP contribution is 2.27. The van der Waals surface area contributed by atoms with Gasteiger partial charge in [-0.1, -0.05) is 22.9 Å². The highest BCUT2D eigenvalue weighted by molar-refractivity contribution is 7.89. The summed E-state index contributed by atoms with van der Waals surface area (Å²) in [6.07, 6.45) is 3.34. The van der Waals surface area contributed by atoms with Crippen LogP contribution in [0.15, 0.2) is 41.6 Å². The molecular formula is C12H14N4O2S. The molecule has 0 N–H and O–H groups in total. The lowest BCUT2D eigenvalue weighted by Crippen LogP contribution is -2.50. The highest BCUT2D eigenvalue weighted by Gasteiger charge is 2.37. The highest BCUT2D eigenvalue weighted by atomic mass is 32.2. The maximum atomic E-state index is 12.3. The van der Waals surface area contributed by atoms with E-state index in [1.54, 1.807) is 29.2 Å². The first kappa shape index (κ1) is 12.3.